The van der Waals surface area contributed by atoms with Gasteiger partial charge in [-0.2, -0.15) is 0 Å². The van der Waals surface area contributed by atoms with Gasteiger partial charge in [-0.15, -0.1) is 0 Å². The van der Waals surface area contributed by atoms with Gasteiger partial charge in [-0.05, 0) is 29.8 Å². The highest BCUT2D eigenvalue weighted by Crippen LogP contribution is 2.52. The summed E-state index contributed by atoms with van der Waals surface area (Å²) in [6, 6.07) is 13.1. The van der Waals surface area contributed by atoms with E-state index in [1.807, 2.05) is 54.6 Å². The number of aromatic nitrogens is 1. The summed E-state index contributed by atoms with van der Waals surface area (Å²) in [5, 5.41) is 2.93. The summed E-state index contributed by atoms with van der Waals surface area (Å²) < 4.78 is 6.15. The Kier molecular flexibility index (Phi) is 3.62. The van der Waals surface area contributed by atoms with Gasteiger partial charge >= 0.3 is 0 Å². The highest BCUT2D eigenvalue weighted by molar-refractivity contribution is 5.99. The van der Waals surface area contributed by atoms with E-state index in [-0.39, 0.29) is 17.9 Å². The van der Waals surface area contributed by atoms with E-state index < -0.39 is 17.4 Å². The molecule has 3 aliphatic heterocycles. The topological polar surface area (TPSA) is 71.5 Å². The first-order valence-corrected chi connectivity index (χ1v) is 9.07. The molecular weight excluding hydrogens is 342 g/mol. The molecule has 6 nitrogen and oxygen atoms in total. The molecule has 2 fully saturated rings. The number of carbonyl (C=O) groups excluding carboxylic acids is 2. The van der Waals surface area contributed by atoms with E-state index in [9.17, 15) is 9.59 Å². The molecule has 0 saturated carbocycles. The predicted octanol–water partition coefficient (Wildman–Crippen LogP) is 2.00. The van der Waals surface area contributed by atoms with Crippen LogP contribution in [0.5, 0.6) is 0 Å². The minimum atomic E-state index is -0.687. The minimum Gasteiger partial charge on any atom is -0.360 e. The maximum atomic E-state index is 13.2. The normalized spacial score (nSPS) is 30.6. The van der Waals surface area contributed by atoms with Crippen molar-refractivity contribution in [1.29, 1.82) is 0 Å². The summed E-state index contributed by atoms with van der Waals surface area (Å²) in [6.07, 6.45) is 6.99. The Labute approximate surface area is 156 Å². The number of pyridine rings is 1. The van der Waals surface area contributed by atoms with Crippen molar-refractivity contribution in [1.82, 2.24) is 9.88 Å². The Morgan fingerprint density at radius 3 is 2.78 bits per heavy atom. The number of amides is 2. The molecule has 3 aliphatic rings. The molecule has 4 atom stereocenters. The first-order valence-electron chi connectivity index (χ1n) is 9.07. The highest BCUT2D eigenvalue weighted by atomic mass is 16.5. The van der Waals surface area contributed by atoms with Gasteiger partial charge in [-0.3, -0.25) is 14.6 Å². The Bertz CT molecular complexity index is 915. The van der Waals surface area contributed by atoms with Crippen LogP contribution in [0.25, 0.3) is 0 Å². The van der Waals surface area contributed by atoms with Crippen LogP contribution in [-0.2, 0) is 20.9 Å². The molecule has 0 aliphatic carbocycles. The summed E-state index contributed by atoms with van der Waals surface area (Å²) >= 11 is 0. The lowest BCUT2D eigenvalue weighted by Crippen LogP contribution is -2.41. The lowest BCUT2D eigenvalue weighted by Gasteiger charge is -2.23. The Morgan fingerprint density at radius 2 is 2.00 bits per heavy atom. The van der Waals surface area contributed by atoms with Gasteiger partial charge in [-0.25, -0.2) is 0 Å². The summed E-state index contributed by atoms with van der Waals surface area (Å²) in [7, 11) is 0. The van der Waals surface area contributed by atoms with E-state index in [0.717, 1.165) is 11.3 Å². The summed E-state index contributed by atoms with van der Waals surface area (Å²) in [6.45, 7) is 0.968. The molecule has 2 aromatic rings. The molecular formula is C21H19N3O3. The van der Waals surface area contributed by atoms with Crippen LogP contribution in [0.1, 0.15) is 5.56 Å². The number of hydrogen-bond acceptors (Lipinski definition) is 4. The first kappa shape index (κ1) is 16.2. The Hall–Kier alpha value is -2.99. The fourth-order valence-corrected chi connectivity index (χ4v) is 4.47. The van der Waals surface area contributed by atoms with E-state index in [2.05, 4.69) is 10.3 Å². The average Bonchev–Trinajstić information content (AvgIpc) is 3.32. The molecule has 2 saturated heterocycles. The maximum absolute atomic E-state index is 13.2. The second-order valence-corrected chi connectivity index (χ2v) is 7.31. The van der Waals surface area contributed by atoms with Crippen LogP contribution in [0.4, 0.5) is 5.69 Å². The number of nitrogens with one attached hydrogen (secondary N) is 1. The third-order valence-corrected chi connectivity index (χ3v) is 5.65. The molecule has 1 N–H and O–H groups in total. The smallest absolute Gasteiger partial charge is 0.231 e. The first-order chi connectivity index (χ1) is 13.2. The van der Waals surface area contributed by atoms with Gasteiger partial charge in [-0.1, -0.05) is 30.4 Å². The third-order valence-electron chi connectivity index (χ3n) is 5.65. The molecule has 6 heteroatoms. The largest absolute Gasteiger partial charge is 0.360 e. The van der Waals surface area contributed by atoms with Gasteiger partial charge in [0.25, 0.3) is 0 Å². The number of fused-ring (bicyclic) bond motifs is 1. The fourth-order valence-electron chi connectivity index (χ4n) is 4.47. The number of ether oxygens (including phenoxy) is 1. The average molecular weight is 361 g/mol. The van der Waals surface area contributed by atoms with Crippen molar-refractivity contribution in [3.05, 3.63) is 72.6 Å². The SMILES string of the molecule is O=C(Nc1ccccc1)C1C2C=C[C@@]3(CN(Cc4ccncc4)C(=O)C13)O2. The molecule has 1 spiro atoms. The number of benzene rings is 1. The van der Waals surface area contributed by atoms with E-state index in [0.29, 0.717) is 13.1 Å². The minimum absolute atomic E-state index is 0.0214. The van der Waals surface area contributed by atoms with Crippen LogP contribution < -0.4 is 5.32 Å². The van der Waals surface area contributed by atoms with Crippen LogP contribution in [0, 0.1) is 11.8 Å². The van der Waals surface area contributed by atoms with E-state index >= 15 is 0 Å². The van der Waals surface area contributed by atoms with E-state index in [1.165, 1.54) is 0 Å². The number of hydrogen-bond donors (Lipinski definition) is 1. The van der Waals surface area contributed by atoms with Crippen LogP contribution in [0.2, 0.25) is 0 Å². The van der Waals surface area contributed by atoms with Crippen molar-refractivity contribution >= 4 is 17.5 Å². The van der Waals surface area contributed by atoms with Crippen LogP contribution in [0.15, 0.2) is 67.0 Å². The number of likely N-dealkylation sites (tertiary alicyclic amines) is 1. The van der Waals surface area contributed by atoms with Crippen LogP contribution in [-0.4, -0.2) is 39.9 Å². The summed E-state index contributed by atoms with van der Waals surface area (Å²) in [5.74, 6) is -1.17. The Morgan fingerprint density at radius 1 is 1.22 bits per heavy atom. The van der Waals surface area contributed by atoms with Gasteiger partial charge in [0.05, 0.1) is 24.5 Å². The van der Waals surface area contributed by atoms with Crippen molar-refractivity contribution in [2.45, 2.75) is 18.2 Å². The number of rotatable bonds is 4. The molecule has 4 heterocycles. The molecule has 2 amide bonds. The Balaban J connectivity index is 1.39. The third kappa shape index (κ3) is 2.56. The van der Waals surface area contributed by atoms with E-state index in [4.69, 9.17) is 4.74 Å². The molecule has 2 bridgehead atoms. The maximum Gasteiger partial charge on any atom is 0.231 e. The molecule has 1 aromatic heterocycles. The second kappa shape index (κ2) is 6.03. The van der Waals surface area contributed by atoms with E-state index in [1.54, 1.807) is 17.3 Å². The van der Waals surface area contributed by atoms with Crippen molar-refractivity contribution in [2.75, 3.05) is 11.9 Å². The quantitative estimate of drug-likeness (QED) is 0.846. The van der Waals surface area contributed by atoms with Gasteiger partial charge < -0.3 is 15.0 Å². The van der Waals surface area contributed by atoms with Crippen molar-refractivity contribution in [3.8, 4) is 0 Å². The number of carbonyl (C=O) groups is 2. The molecule has 5 rings (SSSR count). The summed E-state index contributed by atoms with van der Waals surface area (Å²) in [4.78, 5) is 31.9. The number of anilines is 1. The fraction of sp³-hybridized carbons (Fsp3) is 0.286. The molecule has 27 heavy (non-hydrogen) atoms. The van der Waals surface area contributed by atoms with Gasteiger partial charge in [0.15, 0.2) is 0 Å². The molecule has 3 unspecified atom stereocenters. The highest BCUT2D eigenvalue weighted by Gasteiger charge is 2.66. The molecule has 136 valence electrons. The monoisotopic (exact) mass is 361 g/mol. The van der Waals surface area contributed by atoms with Crippen LogP contribution >= 0.6 is 0 Å². The molecule has 1 aromatic carbocycles. The summed E-state index contributed by atoms with van der Waals surface area (Å²) in [5.41, 5.74) is 1.05. The zero-order valence-corrected chi connectivity index (χ0v) is 14.6. The van der Waals surface area contributed by atoms with Gasteiger partial charge in [0.2, 0.25) is 11.8 Å². The standard InChI is InChI=1S/C21H19N3O3/c25-19(23-15-4-2-1-3-5-15)17-16-6-9-21(27-16)13-24(20(26)18(17)21)12-14-7-10-22-11-8-14/h1-11,16-18H,12-13H2,(H,23,25)/t16?,17?,18?,21-/m0/s1. The second-order valence-electron chi connectivity index (χ2n) is 7.31. The van der Waals surface area contributed by atoms with Crippen molar-refractivity contribution < 1.29 is 14.3 Å². The molecule has 0 radical (unpaired) electrons. The lowest BCUT2D eigenvalue weighted by atomic mass is 9.77. The van der Waals surface area contributed by atoms with Crippen molar-refractivity contribution in [2.24, 2.45) is 11.8 Å². The number of para-hydroxylation sites is 1. The predicted molar refractivity (Wildman–Crippen MR) is 98.4 cm³/mol. The van der Waals surface area contributed by atoms with Crippen LogP contribution in [0.3, 0.4) is 0 Å². The number of nitrogens with zero attached hydrogens (tertiary/aromatic N) is 2. The zero-order valence-electron chi connectivity index (χ0n) is 14.6. The zero-order chi connectivity index (χ0) is 18.4. The van der Waals surface area contributed by atoms with Gasteiger partial charge in [0.1, 0.15) is 5.60 Å². The van der Waals surface area contributed by atoms with Crippen molar-refractivity contribution in [3.63, 3.8) is 0 Å². The lowest BCUT2D eigenvalue weighted by molar-refractivity contribution is -0.136. The van der Waals surface area contributed by atoms with Gasteiger partial charge in [0, 0.05) is 24.6 Å².